The van der Waals surface area contributed by atoms with E-state index in [1.54, 1.807) is 7.05 Å². The van der Waals surface area contributed by atoms with Gasteiger partial charge in [0.2, 0.25) is 0 Å². The van der Waals surface area contributed by atoms with Gasteiger partial charge in [0.15, 0.2) is 10.9 Å². The smallest absolute Gasteiger partial charge is 0.171 e. The van der Waals surface area contributed by atoms with Crippen LogP contribution in [0.4, 0.5) is 5.82 Å². The molecular formula is C11H11ClN4S. The summed E-state index contributed by atoms with van der Waals surface area (Å²) in [7, 11) is 1.75. The summed E-state index contributed by atoms with van der Waals surface area (Å²) in [5.41, 5.74) is 1.92. The van der Waals surface area contributed by atoms with Gasteiger partial charge in [-0.05, 0) is 29.9 Å². The van der Waals surface area contributed by atoms with Gasteiger partial charge in [0.25, 0.3) is 0 Å². The lowest BCUT2D eigenvalue weighted by Gasteiger charge is -2.01. The van der Waals surface area contributed by atoms with Crippen LogP contribution in [0.15, 0.2) is 30.3 Å². The number of rotatable bonds is 2. The molecule has 1 aromatic heterocycles. The first-order valence-electron chi connectivity index (χ1n) is 4.99. The number of H-pyrrole nitrogens is 1. The molecule has 0 aliphatic heterocycles. The number of hydrogen-bond donors (Lipinski definition) is 3. The highest BCUT2D eigenvalue weighted by atomic mass is 35.5. The van der Waals surface area contributed by atoms with Crippen molar-refractivity contribution in [1.82, 2.24) is 15.5 Å². The quantitative estimate of drug-likeness (QED) is 0.732. The maximum absolute atomic E-state index is 5.83. The summed E-state index contributed by atoms with van der Waals surface area (Å²) in [6, 6.07) is 9.41. The first kappa shape index (κ1) is 11.9. The predicted octanol–water partition coefficient (Wildman–Crippen LogP) is 2.65. The molecule has 0 spiro atoms. The lowest BCUT2D eigenvalue weighted by Crippen LogP contribution is -2.24. The van der Waals surface area contributed by atoms with E-state index in [4.69, 9.17) is 23.8 Å². The van der Waals surface area contributed by atoms with Crippen LogP contribution in [-0.2, 0) is 0 Å². The Balaban J connectivity index is 2.18. The van der Waals surface area contributed by atoms with Gasteiger partial charge < -0.3 is 10.6 Å². The van der Waals surface area contributed by atoms with Crippen LogP contribution in [0, 0.1) is 0 Å². The van der Waals surface area contributed by atoms with Crippen LogP contribution >= 0.6 is 23.8 Å². The van der Waals surface area contributed by atoms with E-state index in [0.29, 0.717) is 16.0 Å². The summed E-state index contributed by atoms with van der Waals surface area (Å²) in [4.78, 5) is 0. The Labute approximate surface area is 109 Å². The molecule has 4 nitrogen and oxygen atoms in total. The number of hydrogen-bond acceptors (Lipinski definition) is 2. The summed E-state index contributed by atoms with van der Waals surface area (Å²) in [5.74, 6) is 0.675. The molecule has 1 heterocycles. The van der Waals surface area contributed by atoms with Crippen LogP contribution < -0.4 is 10.6 Å². The van der Waals surface area contributed by atoms with Gasteiger partial charge in [-0.2, -0.15) is 5.10 Å². The molecule has 0 bridgehead atoms. The zero-order chi connectivity index (χ0) is 12.3. The van der Waals surface area contributed by atoms with Crippen LogP contribution in [-0.4, -0.2) is 22.4 Å². The zero-order valence-corrected chi connectivity index (χ0v) is 10.7. The monoisotopic (exact) mass is 266 g/mol. The van der Waals surface area contributed by atoms with Gasteiger partial charge in [0, 0.05) is 18.1 Å². The highest BCUT2D eigenvalue weighted by molar-refractivity contribution is 7.80. The molecule has 6 heteroatoms. The maximum atomic E-state index is 5.83. The Morgan fingerprint density at radius 2 is 2.06 bits per heavy atom. The molecule has 0 aliphatic rings. The van der Waals surface area contributed by atoms with Crippen molar-refractivity contribution in [3.05, 3.63) is 35.4 Å². The molecule has 0 fully saturated rings. The third kappa shape index (κ3) is 2.95. The normalized spacial score (nSPS) is 10.0. The lowest BCUT2D eigenvalue weighted by molar-refractivity contribution is 1.09. The summed E-state index contributed by atoms with van der Waals surface area (Å²) in [6.45, 7) is 0. The predicted molar refractivity (Wildman–Crippen MR) is 74.3 cm³/mol. The van der Waals surface area contributed by atoms with Crippen molar-refractivity contribution in [1.29, 1.82) is 0 Å². The van der Waals surface area contributed by atoms with E-state index < -0.39 is 0 Å². The Bertz CT molecular complexity index is 521. The number of thiocarbonyl (C=S) groups is 1. The van der Waals surface area contributed by atoms with Crippen molar-refractivity contribution < 1.29 is 0 Å². The minimum Gasteiger partial charge on any atom is -0.365 e. The largest absolute Gasteiger partial charge is 0.365 e. The number of anilines is 1. The number of benzene rings is 1. The number of aromatic nitrogens is 2. The zero-order valence-electron chi connectivity index (χ0n) is 9.12. The number of aromatic amines is 1. The Hall–Kier alpha value is -1.59. The fraction of sp³-hybridized carbons (Fsp3) is 0.0909. The van der Waals surface area contributed by atoms with Crippen molar-refractivity contribution in [3.63, 3.8) is 0 Å². The molecule has 3 N–H and O–H groups in total. The first-order chi connectivity index (χ1) is 8.19. The third-order valence-corrected chi connectivity index (χ3v) is 2.76. The summed E-state index contributed by atoms with van der Waals surface area (Å²) in [5, 5.41) is 14.0. The van der Waals surface area contributed by atoms with E-state index in [9.17, 15) is 0 Å². The highest BCUT2D eigenvalue weighted by Crippen LogP contribution is 2.21. The second-order valence-electron chi connectivity index (χ2n) is 3.38. The summed E-state index contributed by atoms with van der Waals surface area (Å²) < 4.78 is 0. The standard InChI is InChI=1S/C11H11ClN4S/c1-13-11(17)14-10-6-9(15-16-10)7-2-4-8(12)5-3-7/h2-6H,1H3,(H3,13,14,15,16,17). The van der Waals surface area contributed by atoms with Gasteiger partial charge in [-0.25, -0.2) is 0 Å². The van der Waals surface area contributed by atoms with E-state index in [-0.39, 0.29) is 0 Å². The van der Waals surface area contributed by atoms with Gasteiger partial charge in [0.1, 0.15) is 0 Å². The van der Waals surface area contributed by atoms with Gasteiger partial charge in [0.05, 0.1) is 5.69 Å². The van der Waals surface area contributed by atoms with Crippen molar-refractivity contribution in [3.8, 4) is 11.3 Å². The summed E-state index contributed by atoms with van der Waals surface area (Å²) >= 11 is 10.8. The van der Waals surface area contributed by atoms with Crippen LogP contribution in [0.3, 0.4) is 0 Å². The van der Waals surface area contributed by atoms with Crippen LogP contribution in [0.5, 0.6) is 0 Å². The molecule has 0 atom stereocenters. The molecule has 0 radical (unpaired) electrons. The van der Waals surface area contributed by atoms with Gasteiger partial charge in [-0.3, -0.25) is 5.10 Å². The molecule has 0 saturated carbocycles. The molecule has 1 aromatic carbocycles. The van der Waals surface area contributed by atoms with E-state index in [2.05, 4.69) is 20.8 Å². The SMILES string of the molecule is CNC(=S)Nc1cc(-c2ccc(Cl)cc2)[nH]n1. The number of nitrogens with one attached hydrogen (secondary N) is 3. The topological polar surface area (TPSA) is 52.7 Å². The average Bonchev–Trinajstić information content (AvgIpc) is 2.78. The van der Waals surface area contributed by atoms with E-state index in [1.165, 1.54) is 0 Å². The van der Waals surface area contributed by atoms with Crippen LogP contribution in [0.25, 0.3) is 11.3 Å². The summed E-state index contributed by atoms with van der Waals surface area (Å²) in [6.07, 6.45) is 0. The first-order valence-corrected chi connectivity index (χ1v) is 5.78. The molecule has 0 amide bonds. The Kier molecular flexibility index (Phi) is 3.61. The fourth-order valence-corrected chi connectivity index (χ4v) is 1.57. The van der Waals surface area contributed by atoms with Gasteiger partial charge in [-0.1, -0.05) is 23.7 Å². The fourth-order valence-electron chi connectivity index (χ4n) is 1.34. The van der Waals surface area contributed by atoms with Crippen LogP contribution in [0.2, 0.25) is 5.02 Å². The van der Waals surface area contributed by atoms with Crippen molar-refractivity contribution in [2.75, 3.05) is 12.4 Å². The van der Waals surface area contributed by atoms with Crippen LogP contribution in [0.1, 0.15) is 0 Å². The molecule has 88 valence electrons. The third-order valence-electron chi connectivity index (χ3n) is 2.20. The second kappa shape index (κ2) is 5.16. The molecule has 2 aromatic rings. The number of halogens is 1. The Morgan fingerprint density at radius 1 is 1.35 bits per heavy atom. The minimum absolute atomic E-state index is 0.527. The Morgan fingerprint density at radius 3 is 2.71 bits per heavy atom. The highest BCUT2D eigenvalue weighted by Gasteiger charge is 2.04. The second-order valence-corrected chi connectivity index (χ2v) is 4.22. The molecule has 17 heavy (non-hydrogen) atoms. The van der Waals surface area contributed by atoms with Crippen molar-refractivity contribution >= 4 is 34.7 Å². The van der Waals surface area contributed by atoms with Crippen molar-refractivity contribution in [2.45, 2.75) is 0 Å². The van der Waals surface area contributed by atoms with Crippen molar-refractivity contribution in [2.24, 2.45) is 0 Å². The maximum Gasteiger partial charge on any atom is 0.171 e. The molecule has 0 unspecified atom stereocenters. The lowest BCUT2D eigenvalue weighted by atomic mass is 10.1. The van der Waals surface area contributed by atoms with E-state index >= 15 is 0 Å². The minimum atomic E-state index is 0.527. The van der Waals surface area contributed by atoms with E-state index in [0.717, 1.165) is 11.3 Å². The molecule has 0 aliphatic carbocycles. The van der Waals surface area contributed by atoms with E-state index in [1.807, 2.05) is 30.3 Å². The van der Waals surface area contributed by atoms with Gasteiger partial charge >= 0.3 is 0 Å². The number of nitrogens with zero attached hydrogens (tertiary/aromatic N) is 1. The molecule has 2 rings (SSSR count). The molecular weight excluding hydrogens is 256 g/mol. The van der Waals surface area contributed by atoms with Gasteiger partial charge in [-0.15, -0.1) is 0 Å². The molecule has 0 saturated heterocycles. The average molecular weight is 267 g/mol.